The van der Waals surface area contributed by atoms with Crippen molar-refractivity contribution >= 4 is 45.2 Å². The summed E-state index contributed by atoms with van der Waals surface area (Å²) in [7, 11) is 0. The quantitative estimate of drug-likeness (QED) is 0.279. The highest BCUT2D eigenvalue weighted by Crippen LogP contribution is 2.23. The molecule has 3 rings (SSSR count). The lowest BCUT2D eigenvalue weighted by Crippen LogP contribution is -2.24. The summed E-state index contributed by atoms with van der Waals surface area (Å²) in [6.07, 6.45) is 1.68. The number of halogens is 1. The number of pyridine rings is 2. The van der Waals surface area contributed by atoms with Gasteiger partial charge in [-0.3, -0.25) is 4.79 Å². The van der Waals surface area contributed by atoms with Crippen molar-refractivity contribution in [3.63, 3.8) is 0 Å². The highest BCUT2D eigenvalue weighted by Gasteiger charge is 2.12. The third kappa shape index (κ3) is 3.86. The minimum absolute atomic E-state index is 0.190. The smallest absolute Gasteiger partial charge is 0.253 e. The van der Waals surface area contributed by atoms with E-state index in [0.717, 1.165) is 14.5 Å². The van der Waals surface area contributed by atoms with E-state index in [0.29, 0.717) is 29.1 Å². The highest BCUT2D eigenvalue weighted by atomic mass is 127. The monoisotopic (exact) mass is 444 g/mol. The second kappa shape index (κ2) is 7.45. The van der Waals surface area contributed by atoms with Gasteiger partial charge in [0.05, 0.1) is 16.9 Å². The molecule has 124 valence electrons. The third-order valence-electron chi connectivity index (χ3n) is 3.64. The third-order valence-corrected chi connectivity index (χ3v) is 4.51. The molecule has 7 nitrogen and oxygen atoms in total. The minimum Gasteiger partial charge on any atom is -0.348 e. The molecule has 0 aliphatic carbocycles. The summed E-state index contributed by atoms with van der Waals surface area (Å²) < 4.78 is 0.830. The van der Waals surface area contributed by atoms with Crippen molar-refractivity contribution in [2.24, 2.45) is 5.11 Å². The van der Waals surface area contributed by atoms with Crippen LogP contribution in [-0.4, -0.2) is 15.9 Å². The topological polar surface area (TPSA) is 104 Å². The maximum Gasteiger partial charge on any atom is 0.253 e. The van der Waals surface area contributed by atoms with Crippen LogP contribution >= 0.6 is 22.6 Å². The van der Waals surface area contributed by atoms with Gasteiger partial charge in [-0.15, -0.1) is 0 Å². The van der Waals surface area contributed by atoms with Gasteiger partial charge in [0.1, 0.15) is 0 Å². The first-order valence-electron chi connectivity index (χ1n) is 7.42. The number of nitrogens with one attached hydrogen (secondary N) is 1. The molecule has 0 spiro atoms. The molecule has 0 unspecified atom stereocenters. The molecule has 3 aromatic rings. The Morgan fingerprint density at radius 3 is 2.96 bits per heavy atom. The molecule has 0 aliphatic rings. The summed E-state index contributed by atoms with van der Waals surface area (Å²) in [6, 6.07) is 10.9. The summed E-state index contributed by atoms with van der Waals surface area (Å²) in [4.78, 5) is 23.8. The van der Waals surface area contributed by atoms with Gasteiger partial charge >= 0.3 is 0 Å². The number of aromatic nitrogens is 2. The number of rotatable bonds is 4. The van der Waals surface area contributed by atoms with Crippen molar-refractivity contribution in [1.29, 1.82) is 0 Å². The number of fused-ring (bicyclic) bond motifs is 1. The van der Waals surface area contributed by atoms with Crippen LogP contribution in [0.4, 0.5) is 5.69 Å². The predicted molar refractivity (Wildman–Crippen MR) is 103 cm³/mol. The van der Waals surface area contributed by atoms with Crippen LogP contribution in [0.25, 0.3) is 21.5 Å². The number of hydrogen-bond acceptors (Lipinski definition) is 4. The van der Waals surface area contributed by atoms with Crippen LogP contribution in [-0.2, 0) is 6.54 Å². The first-order valence-corrected chi connectivity index (χ1v) is 8.50. The molecule has 0 atom stereocenters. The second-order valence-corrected chi connectivity index (χ2v) is 6.49. The van der Waals surface area contributed by atoms with Crippen LogP contribution in [0.2, 0.25) is 0 Å². The zero-order chi connectivity index (χ0) is 17.8. The van der Waals surface area contributed by atoms with Gasteiger partial charge in [0.15, 0.2) is 5.65 Å². The van der Waals surface area contributed by atoms with E-state index in [-0.39, 0.29) is 5.91 Å². The van der Waals surface area contributed by atoms with E-state index in [1.54, 1.807) is 25.3 Å². The maximum absolute atomic E-state index is 12.5. The Labute approximate surface area is 157 Å². The van der Waals surface area contributed by atoms with Crippen molar-refractivity contribution in [3.05, 3.63) is 73.4 Å². The van der Waals surface area contributed by atoms with Gasteiger partial charge in [-0.05, 0) is 64.9 Å². The SMILES string of the molecule is Cc1nc2ncccc2cc1C(=O)NCc1ccc(N=[N+]=[N-])c(I)c1. The number of benzene rings is 1. The first kappa shape index (κ1) is 17.1. The van der Waals surface area contributed by atoms with Crippen LogP contribution in [0.3, 0.4) is 0 Å². The van der Waals surface area contributed by atoms with Crippen molar-refractivity contribution in [1.82, 2.24) is 15.3 Å². The Kier molecular flexibility index (Phi) is 5.11. The molecular formula is C17H13IN6O. The van der Waals surface area contributed by atoms with E-state index in [1.807, 2.05) is 24.3 Å². The Morgan fingerprint density at radius 2 is 2.20 bits per heavy atom. The zero-order valence-electron chi connectivity index (χ0n) is 13.3. The normalized spacial score (nSPS) is 10.3. The van der Waals surface area contributed by atoms with Crippen LogP contribution in [0.15, 0.2) is 47.7 Å². The molecule has 0 saturated carbocycles. The number of carbonyl (C=O) groups excluding carboxylic acids is 1. The molecule has 0 saturated heterocycles. The van der Waals surface area contributed by atoms with E-state index in [4.69, 9.17) is 5.53 Å². The molecule has 2 heterocycles. The molecule has 2 aromatic heterocycles. The fraction of sp³-hybridized carbons (Fsp3) is 0.118. The number of carbonyl (C=O) groups is 1. The van der Waals surface area contributed by atoms with E-state index in [2.05, 4.69) is 47.9 Å². The zero-order valence-corrected chi connectivity index (χ0v) is 15.4. The molecule has 1 aromatic carbocycles. The summed E-state index contributed by atoms with van der Waals surface area (Å²) in [5.41, 5.74) is 11.8. The van der Waals surface area contributed by atoms with E-state index in [9.17, 15) is 4.79 Å². The molecule has 8 heteroatoms. The van der Waals surface area contributed by atoms with Gasteiger partial charge in [-0.2, -0.15) is 0 Å². The summed E-state index contributed by atoms with van der Waals surface area (Å²) >= 11 is 2.10. The first-order chi connectivity index (χ1) is 12.1. The van der Waals surface area contributed by atoms with Gasteiger partial charge < -0.3 is 5.32 Å². The molecule has 0 bridgehead atoms. The average molecular weight is 444 g/mol. The number of amides is 1. The van der Waals surface area contributed by atoms with Crippen molar-refractivity contribution < 1.29 is 4.79 Å². The van der Waals surface area contributed by atoms with Crippen LogP contribution in [0, 0.1) is 10.5 Å². The van der Waals surface area contributed by atoms with Crippen LogP contribution in [0.1, 0.15) is 21.6 Å². The van der Waals surface area contributed by atoms with Crippen molar-refractivity contribution in [3.8, 4) is 0 Å². The number of azide groups is 1. The minimum atomic E-state index is -0.190. The summed E-state index contributed by atoms with van der Waals surface area (Å²) in [5.74, 6) is -0.190. The Hall–Kier alpha value is -2.71. The standard InChI is InChI=1S/C17H13IN6O/c1-10-13(8-12-3-2-6-20-16(12)22-10)17(25)21-9-11-4-5-15(23-24-19)14(18)7-11/h2-8H,9H2,1H3,(H,21,25). The fourth-order valence-electron chi connectivity index (χ4n) is 2.39. The Morgan fingerprint density at radius 1 is 1.36 bits per heavy atom. The maximum atomic E-state index is 12.5. The van der Waals surface area contributed by atoms with Gasteiger partial charge in [0.2, 0.25) is 0 Å². The van der Waals surface area contributed by atoms with Gasteiger partial charge in [-0.1, -0.05) is 17.2 Å². The summed E-state index contributed by atoms with van der Waals surface area (Å²) in [5, 5.41) is 7.32. The Bertz CT molecular complexity index is 1010. The lowest BCUT2D eigenvalue weighted by Gasteiger charge is -2.09. The van der Waals surface area contributed by atoms with Gasteiger partial charge in [0.25, 0.3) is 5.91 Å². The molecule has 0 aliphatic heterocycles. The van der Waals surface area contributed by atoms with Gasteiger partial charge in [-0.25, -0.2) is 9.97 Å². The summed E-state index contributed by atoms with van der Waals surface area (Å²) in [6.45, 7) is 2.16. The number of hydrogen-bond donors (Lipinski definition) is 1. The van der Waals surface area contributed by atoms with Gasteiger partial charge in [0, 0.05) is 26.6 Å². The molecule has 0 radical (unpaired) electrons. The molecule has 0 fully saturated rings. The van der Waals surface area contributed by atoms with E-state index >= 15 is 0 Å². The number of aryl methyl sites for hydroxylation is 1. The van der Waals surface area contributed by atoms with Crippen molar-refractivity contribution in [2.75, 3.05) is 0 Å². The molecule has 1 N–H and O–H groups in total. The second-order valence-electron chi connectivity index (χ2n) is 5.33. The Balaban J connectivity index is 1.78. The van der Waals surface area contributed by atoms with E-state index < -0.39 is 0 Å². The lowest BCUT2D eigenvalue weighted by molar-refractivity contribution is 0.0950. The van der Waals surface area contributed by atoms with E-state index in [1.165, 1.54) is 0 Å². The largest absolute Gasteiger partial charge is 0.348 e. The lowest BCUT2D eigenvalue weighted by atomic mass is 10.1. The van der Waals surface area contributed by atoms with Crippen LogP contribution < -0.4 is 5.32 Å². The highest BCUT2D eigenvalue weighted by molar-refractivity contribution is 14.1. The molecular weight excluding hydrogens is 431 g/mol. The molecule has 1 amide bonds. The predicted octanol–water partition coefficient (Wildman–Crippen LogP) is 4.41. The van der Waals surface area contributed by atoms with Crippen molar-refractivity contribution in [2.45, 2.75) is 13.5 Å². The number of nitrogens with zero attached hydrogens (tertiary/aromatic N) is 5. The van der Waals surface area contributed by atoms with Crippen LogP contribution in [0.5, 0.6) is 0 Å². The molecule has 25 heavy (non-hydrogen) atoms. The average Bonchev–Trinajstić information content (AvgIpc) is 2.61. The fourth-order valence-corrected chi connectivity index (χ4v) is 3.08.